The fraction of sp³-hybridized carbons (Fsp3) is 0.846. The first-order valence-corrected chi connectivity index (χ1v) is 6.93. The average Bonchev–Trinajstić information content (AvgIpc) is 2.43. The number of carbonyl (C=O) groups is 2. The maximum atomic E-state index is 12.2. The van der Waals surface area contributed by atoms with Crippen LogP contribution in [0.3, 0.4) is 0 Å². The van der Waals surface area contributed by atoms with Gasteiger partial charge in [-0.1, -0.05) is 13.3 Å². The highest BCUT2D eigenvalue weighted by molar-refractivity contribution is 5.93. The quantitative estimate of drug-likeness (QED) is 0.795. The molecule has 1 aliphatic heterocycles. The minimum atomic E-state index is -0.279. The van der Waals surface area contributed by atoms with E-state index < -0.39 is 0 Å². The lowest BCUT2D eigenvalue weighted by atomic mass is 10.2. The number of unbranched alkanes of at least 4 members (excludes halogenated alkanes) is 1. The molecule has 1 heterocycles. The zero-order valence-electron chi connectivity index (χ0n) is 13.0. The predicted octanol–water partition coefficient (Wildman–Crippen LogP) is 1.56. The standard InChI is InChI=1S/C13H26N4O2.ClH/c1-5-6-7-16-8-10-17(11-9-16)13(19)15(4)12(18)14(2)3;/h5-11H2,1-4H3;1H. The predicted molar refractivity (Wildman–Crippen MR) is 82.4 cm³/mol. The molecule has 0 saturated carbocycles. The molecule has 0 aromatic carbocycles. The lowest BCUT2D eigenvalue weighted by Crippen LogP contribution is -2.54. The molecule has 0 bridgehead atoms. The van der Waals surface area contributed by atoms with E-state index >= 15 is 0 Å². The van der Waals surface area contributed by atoms with E-state index in [0.717, 1.165) is 19.6 Å². The van der Waals surface area contributed by atoms with E-state index in [-0.39, 0.29) is 24.5 Å². The zero-order chi connectivity index (χ0) is 14.4. The third-order valence-corrected chi connectivity index (χ3v) is 3.43. The topological polar surface area (TPSA) is 47.1 Å². The van der Waals surface area contributed by atoms with Gasteiger partial charge in [0.15, 0.2) is 0 Å². The first-order valence-electron chi connectivity index (χ1n) is 6.93. The molecule has 0 radical (unpaired) electrons. The second kappa shape index (κ2) is 9.02. The summed E-state index contributed by atoms with van der Waals surface area (Å²) >= 11 is 0. The Hall–Kier alpha value is -1.01. The number of piperazine rings is 1. The van der Waals surface area contributed by atoms with Gasteiger partial charge in [0.2, 0.25) is 0 Å². The summed E-state index contributed by atoms with van der Waals surface area (Å²) in [6.45, 7) is 6.49. The van der Waals surface area contributed by atoms with E-state index in [1.807, 2.05) is 0 Å². The molecule has 4 amide bonds. The fourth-order valence-electron chi connectivity index (χ4n) is 2.14. The molecule has 0 atom stereocenters. The van der Waals surface area contributed by atoms with Crippen molar-refractivity contribution in [2.45, 2.75) is 19.8 Å². The summed E-state index contributed by atoms with van der Waals surface area (Å²) in [5, 5.41) is 0. The molecule has 20 heavy (non-hydrogen) atoms. The summed E-state index contributed by atoms with van der Waals surface area (Å²) in [5.74, 6) is 0. The molecule has 1 rings (SSSR count). The summed E-state index contributed by atoms with van der Waals surface area (Å²) in [6.07, 6.45) is 2.40. The zero-order valence-corrected chi connectivity index (χ0v) is 13.8. The van der Waals surface area contributed by atoms with Gasteiger partial charge < -0.3 is 9.80 Å². The highest BCUT2D eigenvalue weighted by atomic mass is 35.5. The number of nitrogens with zero attached hydrogens (tertiary/aromatic N) is 4. The third kappa shape index (κ3) is 5.17. The van der Waals surface area contributed by atoms with Gasteiger partial charge in [-0.15, -0.1) is 12.4 Å². The average molecular weight is 307 g/mol. The Morgan fingerprint density at radius 2 is 1.60 bits per heavy atom. The van der Waals surface area contributed by atoms with Crippen molar-refractivity contribution in [2.75, 3.05) is 53.9 Å². The number of rotatable bonds is 3. The van der Waals surface area contributed by atoms with Crippen LogP contribution in [0.2, 0.25) is 0 Å². The van der Waals surface area contributed by atoms with Crippen LogP contribution in [-0.2, 0) is 0 Å². The number of urea groups is 2. The molecule has 0 aliphatic carbocycles. The number of halogens is 1. The minimum Gasteiger partial charge on any atom is -0.330 e. The molecule has 0 unspecified atom stereocenters. The van der Waals surface area contributed by atoms with Gasteiger partial charge in [0, 0.05) is 47.3 Å². The summed E-state index contributed by atoms with van der Waals surface area (Å²) in [5.41, 5.74) is 0. The Labute approximate surface area is 128 Å². The van der Waals surface area contributed by atoms with Crippen molar-refractivity contribution in [3.63, 3.8) is 0 Å². The number of hydrogen-bond donors (Lipinski definition) is 0. The van der Waals surface area contributed by atoms with Crippen molar-refractivity contribution in [2.24, 2.45) is 0 Å². The Morgan fingerprint density at radius 1 is 1.05 bits per heavy atom. The Bertz CT molecular complexity index is 317. The lowest BCUT2D eigenvalue weighted by molar-refractivity contribution is 0.116. The lowest BCUT2D eigenvalue weighted by Gasteiger charge is -2.36. The second-order valence-corrected chi connectivity index (χ2v) is 5.20. The van der Waals surface area contributed by atoms with E-state index in [2.05, 4.69) is 11.8 Å². The molecular weight excluding hydrogens is 280 g/mol. The van der Waals surface area contributed by atoms with E-state index in [4.69, 9.17) is 0 Å². The van der Waals surface area contributed by atoms with Gasteiger partial charge in [-0.25, -0.2) is 14.5 Å². The van der Waals surface area contributed by atoms with Crippen LogP contribution in [0.5, 0.6) is 0 Å². The van der Waals surface area contributed by atoms with Crippen molar-refractivity contribution in [3.05, 3.63) is 0 Å². The monoisotopic (exact) mass is 306 g/mol. The largest absolute Gasteiger partial charge is 0.330 e. The number of amides is 4. The third-order valence-electron chi connectivity index (χ3n) is 3.43. The van der Waals surface area contributed by atoms with Crippen LogP contribution < -0.4 is 0 Å². The van der Waals surface area contributed by atoms with Crippen LogP contribution in [0.4, 0.5) is 9.59 Å². The molecule has 6 nitrogen and oxygen atoms in total. The first kappa shape index (κ1) is 19.0. The fourth-order valence-corrected chi connectivity index (χ4v) is 2.14. The van der Waals surface area contributed by atoms with E-state index in [1.54, 1.807) is 19.0 Å². The van der Waals surface area contributed by atoms with Crippen molar-refractivity contribution in [1.82, 2.24) is 19.6 Å². The first-order chi connectivity index (χ1) is 8.97. The molecule has 1 saturated heterocycles. The van der Waals surface area contributed by atoms with Gasteiger partial charge in [0.1, 0.15) is 0 Å². The maximum Gasteiger partial charge on any atom is 0.327 e. The minimum absolute atomic E-state index is 0. The van der Waals surface area contributed by atoms with Gasteiger partial charge in [0.05, 0.1) is 0 Å². The molecule has 0 N–H and O–H groups in total. The smallest absolute Gasteiger partial charge is 0.327 e. The summed E-state index contributed by atoms with van der Waals surface area (Å²) in [6, 6.07) is -0.479. The normalized spacial score (nSPS) is 15.5. The van der Waals surface area contributed by atoms with Crippen molar-refractivity contribution in [3.8, 4) is 0 Å². The molecule has 7 heteroatoms. The molecule has 1 aliphatic rings. The highest BCUT2D eigenvalue weighted by Crippen LogP contribution is 2.07. The molecular formula is C13H27ClN4O2. The summed E-state index contributed by atoms with van der Waals surface area (Å²) in [7, 11) is 4.83. The van der Waals surface area contributed by atoms with Crippen LogP contribution in [-0.4, -0.2) is 85.5 Å². The summed E-state index contributed by atoms with van der Waals surface area (Å²) in [4.78, 5) is 30.6. The summed E-state index contributed by atoms with van der Waals surface area (Å²) < 4.78 is 0. The van der Waals surface area contributed by atoms with Crippen LogP contribution in [0.15, 0.2) is 0 Å². The van der Waals surface area contributed by atoms with E-state index in [1.165, 1.54) is 29.7 Å². The maximum absolute atomic E-state index is 12.2. The van der Waals surface area contributed by atoms with Crippen LogP contribution >= 0.6 is 12.4 Å². The van der Waals surface area contributed by atoms with E-state index in [0.29, 0.717) is 13.1 Å². The van der Waals surface area contributed by atoms with Crippen LogP contribution in [0, 0.1) is 0 Å². The SMILES string of the molecule is CCCCN1CCN(C(=O)N(C)C(=O)N(C)C)CC1.Cl. The molecule has 0 spiro atoms. The van der Waals surface area contributed by atoms with Gasteiger partial charge in [-0.2, -0.15) is 0 Å². The van der Waals surface area contributed by atoms with Gasteiger partial charge >= 0.3 is 12.1 Å². The van der Waals surface area contributed by atoms with Crippen LogP contribution in [0.1, 0.15) is 19.8 Å². The Morgan fingerprint density at radius 3 is 2.05 bits per heavy atom. The Kier molecular flexibility index (Phi) is 8.57. The van der Waals surface area contributed by atoms with Crippen LogP contribution in [0.25, 0.3) is 0 Å². The molecule has 0 aromatic heterocycles. The number of imide groups is 1. The van der Waals surface area contributed by atoms with Gasteiger partial charge in [0.25, 0.3) is 0 Å². The Balaban J connectivity index is 0.00000361. The molecule has 1 fully saturated rings. The van der Waals surface area contributed by atoms with Crippen molar-refractivity contribution < 1.29 is 9.59 Å². The number of carbonyl (C=O) groups excluding carboxylic acids is 2. The van der Waals surface area contributed by atoms with E-state index in [9.17, 15) is 9.59 Å². The molecule has 0 aromatic rings. The van der Waals surface area contributed by atoms with Gasteiger partial charge in [-0.05, 0) is 13.0 Å². The number of hydrogen-bond acceptors (Lipinski definition) is 3. The second-order valence-electron chi connectivity index (χ2n) is 5.20. The van der Waals surface area contributed by atoms with Crippen molar-refractivity contribution in [1.29, 1.82) is 0 Å². The van der Waals surface area contributed by atoms with Gasteiger partial charge in [-0.3, -0.25) is 4.90 Å². The van der Waals surface area contributed by atoms with Crippen molar-refractivity contribution >= 4 is 24.5 Å². The highest BCUT2D eigenvalue weighted by Gasteiger charge is 2.26. The molecule has 118 valence electrons.